The van der Waals surface area contributed by atoms with E-state index in [1.807, 2.05) is 0 Å². The normalized spacial score (nSPS) is 24.3. The number of carboxylic acid groups (broad SMARTS) is 1. The summed E-state index contributed by atoms with van der Waals surface area (Å²) >= 11 is 0. The number of terminal acetylenes is 1. The van der Waals surface area contributed by atoms with Gasteiger partial charge in [-0.15, -0.1) is 6.42 Å². The summed E-state index contributed by atoms with van der Waals surface area (Å²) in [6.45, 7) is 1.08. The Morgan fingerprint density at radius 2 is 2.55 bits per heavy atom. The van der Waals surface area contributed by atoms with E-state index in [0.29, 0.717) is 13.2 Å². The van der Waals surface area contributed by atoms with Crippen LogP contribution in [0.2, 0.25) is 0 Å². The molecule has 0 bridgehead atoms. The van der Waals surface area contributed by atoms with E-state index in [9.17, 15) is 4.79 Å². The molecule has 0 saturated carbocycles. The summed E-state index contributed by atoms with van der Waals surface area (Å²) in [7, 11) is 0. The fourth-order valence-corrected chi connectivity index (χ4v) is 0.924. The first-order valence-electron chi connectivity index (χ1n) is 3.29. The van der Waals surface area contributed by atoms with E-state index >= 15 is 0 Å². The Kier molecular flexibility index (Phi) is 2.34. The van der Waals surface area contributed by atoms with E-state index in [1.54, 1.807) is 0 Å². The Bertz CT molecular complexity index is 196. The largest absolute Gasteiger partial charge is 0.465 e. The van der Waals surface area contributed by atoms with Crippen LogP contribution in [-0.4, -0.2) is 41.9 Å². The molecule has 4 heteroatoms. The van der Waals surface area contributed by atoms with Crippen LogP contribution in [-0.2, 0) is 4.74 Å². The number of nitrogens with zero attached hydrogens (tertiary/aromatic N) is 1. The number of hydrogen-bond acceptors (Lipinski definition) is 2. The van der Waals surface area contributed by atoms with Gasteiger partial charge < -0.3 is 14.7 Å². The summed E-state index contributed by atoms with van der Waals surface area (Å²) in [5.74, 6) is 2.36. The fourth-order valence-electron chi connectivity index (χ4n) is 0.924. The van der Waals surface area contributed by atoms with Gasteiger partial charge in [-0.05, 0) is 0 Å². The van der Waals surface area contributed by atoms with Crippen molar-refractivity contribution in [2.45, 2.75) is 6.10 Å². The maximum Gasteiger partial charge on any atom is 0.407 e. The Morgan fingerprint density at radius 1 is 1.82 bits per heavy atom. The topological polar surface area (TPSA) is 49.8 Å². The van der Waals surface area contributed by atoms with Crippen LogP contribution in [0.1, 0.15) is 0 Å². The number of ether oxygens (including phenoxy) is 1. The van der Waals surface area contributed by atoms with Crippen molar-refractivity contribution in [1.82, 2.24) is 4.90 Å². The van der Waals surface area contributed by atoms with Gasteiger partial charge in [0.2, 0.25) is 0 Å². The average Bonchev–Trinajstić information content (AvgIpc) is 2.05. The molecule has 0 spiro atoms. The minimum Gasteiger partial charge on any atom is -0.465 e. The first-order valence-corrected chi connectivity index (χ1v) is 3.29. The van der Waals surface area contributed by atoms with Crippen LogP contribution >= 0.6 is 0 Å². The van der Waals surface area contributed by atoms with Gasteiger partial charge in [-0.1, -0.05) is 5.92 Å². The highest BCUT2D eigenvalue weighted by molar-refractivity contribution is 5.65. The van der Waals surface area contributed by atoms with Crippen molar-refractivity contribution < 1.29 is 14.6 Å². The molecular formula is C7H9NO3. The molecule has 11 heavy (non-hydrogen) atoms. The van der Waals surface area contributed by atoms with Gasteiger partial charge in [0.25, 0.3) is 0 Å². The van der Waals surface area contributed by atoms with Crippen molar-refractivity contribution >= 4 is 6.09 Å². The van der Waals surface area contributed by atoms with Crippen molar-refractivity contribution in [3.63, 3.8) is 0 Å². The van der Waals surface area contributed by atoms with E-state index < -0.39 is 6.09 Å². The summed E-state index contributed by atoms with van der Waals surface area (Å²) in [5, 5.41) is 8.55. The first-order chi connectivity index (χ1) is 5.24. The fraction of sp³-hybridized carbons (Fsp3) is 0.571. The molecule has 0 aromatic carbocycles. The first kappa shape index (κ1) is 7.89. The second-order valence-electron chi connectivity index (χ2n) is 2.25. The molecule has 1 aliphatic heterocycles. The molecule has 1 N–H and O–H groups in total. The van der Waals surface area contributed by atoms with E-state index in [-0.39, 0.29) is 12.6 Å². The maximum absolute atomic E-state index is 10.4. The number of amides is 1. The van der Waals surface area contributed by atoms with Crippen molar-refractivity contribution in [3.05, 3.63) is 0 Å². The molecule has 1 aliphatic rings. The molecule has 1 fully saturated rings. The Labute approximate surface area is 64.8 Å². The molecule has 0 aromatic rings. The zero-order valence-electron chi connectivity index (χ0n) is 5.99. The second kappa shape index (κ2) is 3.26. The molecule has 0 aromatic heterocycles. The van der Waals surface area contributed by atoms with Gasteiger partial charge in [0.15, 0.2) is 0 Å². The summed E-state index contributed by atoms with van der Waals surface area (Å²) in [6, 6.07) is 0. The predicted octanol–water partition coefficient (Wildman–Crippen LogP) is -0.00160. The third kappa shape index (κ3) is 1.85. The second-order valence-corrected chi connectivity index (χ2v) is 2.25. The molecular weight excluding hydrogens is 146 g/mol. The van der Waals surface area contributed by atoms with Crippen LogP contribution in [0.5, 0.6) is 0 Å². The van der Waals surface area contributed by atoms with Crippen LogP contribution in [0.25, 0.3) is 0 Å². The molecule has 1 unspecified atom stereocenters. The summed E-state index contributed by atoms with van der Waals surface area (Å²) in [5.41, 5.74) is 0. The van der Waals surface area contributed by atoms with Crippen LogP contribution in [0.4, 0.5) is 4.79 Å². The van der Waals surface area contributed by atoms with Crippen LogP contribution < -0.4 is 0 Å². The van der Waals surface area contributed by atoms with Gasteiger partial charge in [0, 0.05) is 6.54 Å². The predicted molar refractivity (Wildman–Crippen MR) is 38.2 cm³/mol. The maximum atomic E-state index is 10.4. The molecule has 4 nitrogen and oxygen atoms in total. The lowest BCUT2D eigenvalue weighted by Crippen LogP contribution is -2.44. The molecule has 0 aliphatic carbocycles. The van der Waals surface area contributed by atoms with E-state index in [4.69, 9.17) is 16.3 Å². The molecule has 1 rings (SSSR count). The van der Waals surface area contributed by atoms with E-state index in [0.717, 1.165) is 0 Å². The van der Waals surface area contributed by atoms with Crippen molar-refractivity contribution in [2.75, 3.05) is 19.7 Å². The molecule has 1 heterocycles. The van der Waals surface area contributed by atoms with Crippen LogP contribution in [0.3, 0.4) is 0 Å². The number of carbonyl (C=O) groups is 1. The third-order valence-corrected chi connectivity index (χ3v) is 1.52. The van der Waals surface area contributed by atoms with Crippen molar-refractivity contribution in [2.24, 2.45) is 0 Å². The number of morpholine rings is 1. The minimum absolute atomic E-state index is 0.284. The van der Waals surface area contributed by atoms with Gasteiger partial charge in [-0.3, -0.25) is 0 Å². The minimum atomic E-state index is -0.937. The smallest absolute Gasteiger partial charge is 0.407 e. The highest BCUT2D eigenvalue weighted by Gasteiger charge is 2.21. The van der Waals surface area contributed by atoms with Crippen LogP contribution in [0, 0.1) is 12.3 Å². The zero-order valence-corrected chi connectivity index (χ0v) is 5.99. The van der Waals surface area contributed by atoms with Gasteiger partial charge in [0.1, 0.15) is 6.10 Å². The van der Waals surface area contributed by atoms with Gasteiger partial charge in [-0.25, -0.2) is 4.79 Å². The van der Waals surface area contributed by atoms with Gasteiger partial charge >= 0.3 is 6.09 Å². The monoisotopic (exact) mass is 155 g/mol. The van der Waals surface area contributed by atoms with Gasteiger partial charge in [-0.2, -0.15) is 0 Å². The van der Waals surface area contributed by atoms with Gasteiger partial charge in [0.05, 0.1) is 13.2 Å². The summed E-state index contributed by atoms with van der Waals surface area (Å²) < 4.78 is 5.07. The molecule has 1 saturated heterocycles. The molecule has 0 radical (unpaired) electrons. The molecule has 60 valence electrons. The average molecular weight is 155 g/mol. The summed E-state index contributed by atoms with van der Waals surface area (Å²) in [4.78, 5) is 11.7. The molecule has 1 atom stereocenters. The zero-order chi connectivity index (χ0) is 8.27. The Hall–Kier alpha value is -1.21. The Balaban J connectivity index is 2.47. The standard InChI is InChI=1S/C7H9NO3/c1-2-6-5-8(7(9)10)3-4-11-6/h1,6H,3-5H2,(H,9,10). The Morgan fingerprint density at radius 3 is 3.09 bits per heavy atom. The lowest BCUT2D eigenvalue weighted by Gasteiger charge is -2.27. The summed E-state index contributed by atoms with van der Waals surface area (Å²) in [6.07, 6.45) is 3.76. The SMILES string of the molecule is C#CC1CN(C(=O)O)CCO1. The lowest BCUT2D eigenvalue weighted by atomic mass is 10.3. The number of hydrogen-bond donors (Lipinski definition) is 1. The number of rotatable bonds is 0. The van der Waals surface area contributed by atoms with E-state index in [2.05, 4.69) is 5.92 Å². The highest BCUT2D eigenvalue weighted by Crippen LogP contribution is 2.03. The lowest BCUT2D eigenvalue weighted by molar-refractivity contribution is 0.00667. The van der Waals surface area contributed by atoms with E-state index in [1.165, 1.54) is 4.90 Å². The molecule has 1 amide bonds. The van der Waals surface area contributed by atoms with Crippen molar-refractivity contribution in [3.8, 4) is 12.3 Å². The van der Waals surface area contributed by atoms with Crippen molar-refractivity contribution in [1.29, 1.82) is 0 Å². The van der Waals surface area contributed by atoms with Crippen LogP contribution in [0.15, 0.2) is 0 Å². The highest BCUT2D eigenvalue weighted by atomic mass is 16.5. The third-order valence-electron chi connectivity index (χ3n) is 1.52. The quantitative estimate of drug-likeness (QED) is 0.501.